The van der Waals surface area contributed by atoms with Gasteiger partial charge in [0.15, 0.2) is 5.60 Å². The maximum atomic E-state index is 13.9. The highest BCUT2D eigenvalue weighted by atomic mass is 79.9. The molecule has 0 aliphatic carbocycles. The van der Waals surface area contributed by atoms with E-state index in [-0.39, 0.29) is 19.1 Å². The van der Waals surface area contributed by atoms with E-state index < -0.39 is 29.4 Å². The van der Waals surface area contributed by atoms with E-state index in [1.54, 1.807) is 39.9 Å². The molecule has 0 radical (unpaired) electrons. The lowest BCUT2D eigenvalue weighted by molar-refractivity contribution is -0.139. The van der Waals surface area contributed by atoms with Crippen LogP contribution in [-0.2, 0) is 28.3 Å². The number of hydrogen-bond donors (Lipinski definition) is 4. The van der Waals surface area contributed by atoms with Crippen LogP contribution in [0.5, 0.6) is 0 Å². The molecule has 4 N–H and O–H groups in total. The van der Waals surface area contributed by atoms with Crippen LogP contribution in [-0.4, -0.2) is 54.8 Å². The Balaban J connectivity index is 1.27. The molecule has 1 aromatic heterocycles. The fraction of sp³-hybridized carbons (Fsp3) is 0.294. The third-order valence-electron chi connectivity index (χ3n) is 8.08. The third-order valence-corrected chi connectivity index (χ3v) is 8.57. The number of allylic oxidation sites excluding steroid dienone is 1. The summed E-state index contributed by atoms with van der Waals surface area (Å²) in [6.45, 7) is 3.90. The van der Waals surface area contributed by atoms with Gasteiger partial charge in [0.05, 0.1) is 30.5 Å². The number of aliphatic hydroxyl groups excluding tert-OH is 2. The average molecular weight is 675 g/mol. The van der Waals surface area contributed by atoms with Crippen molar-refractivity contribution in [3.05, 3.63) is 118 Å². The topological polar surface area (TPSA) is 141 Å². The minimum atomic E-state index is -1.77. The predicted octanol–water partition coefficient (Wildman–Crippen LogP) is 4.50. The van der Waals surface area contributed by atoms with Crippen molar-refractivity contribution < 1.29 is 24.9 Å². The lowest BCUT2D eigenvalue weighted by Gasteiger charge is -2.27. The fourth-order valence-electron chi connectivity index (χ4n) is 5.48. The Morgan fingerprint density at radius 3 is 2.51 bits per heavy atom. The number of benzene rings is 3. The molecule has 0 saturated carbocycles. The molecule has 1 aliphatic heterocycles. The van der Waals surface area contributed by atoms with Crippen molar-refractivity contribution >= 4 is 39.1 Å². The van der Waals surface area contributed by atoms with E-state index in [1.165, 1.54) is 6.92 Å². The minimum Gasteiger partial charge on any atom is -0.395 e. The zero-order valence-electron chi connectivity index (χ0n) is 25.0. The van der Waals surface area contributed by atoms with Crippen molar-refractivity contribution in [3.8, 4) is 0 Å². The van der Waals surface area contributed by atoms with E-state index in [2.05, 4.69) is 31.6 Å². The van der Waals surface area contributed by atoms with Gasteiger partial charge in [-0.3, -0.25) is 14.3 Å². The molecule has 3 aromatic carbocycles. The molecule has 0 spiro atoms. The van der Waals surface area contributed by atoms with Gasteiger partial charge in [-0.05, 0) is 54.8 Å². The van der Waals surface area contributed by atoms with Gasteiger partial charge in [0.25, 0.3) is 11.8 Å². The van der Waals surface area contributed by atoms with Gasteiger partial charge in [0.1, 0.15) is 6.10 Å². The van der Waals surface area contributed by atoms with Gasteiger partial charge in [-0.1, -0.05) is 82.7 Å². The normalized spacial score (nSPS) is 18.2. The smallest absolute Gasteiger partial charge is 0.264 e. The van der Waals surface area contributed by atoms with E-state index in [0.717, 1.165) is 15.6 Å². The number of aliphatic hydroxyl groups is 3. The number of nitrogens with one attached hydrogen (secondary N) is 1. The molecule has 234 valence electrons. The average Bonchev–Trinajstić information content (AvgIpc) is 3.58. The third kappa shape index (κ3) is 6.91. The number of aryl methyl sites for hydroxylation is 1. The van der Waals surface area contributed by atoms with Gasteiger partial charge < -0.3 is 25.5 Å². The van der Waals surface area contributed by atoms with Crippen molar-refractivity contribution in [2.24, 2.45) is 5.92 Å². The molecular weight excluding hydrogens is 638 g/mol. The number of carbonyl (C=O) groups excluding carboxylic acids is 2. The van der Waals surface area contributed by atoms with E-state index in [1.807, 2.05) is 67.7 Å². The molecule has 1 unspecified atom stereocenters. The van der Waals surface area contributed by atoms with Crippen LogP contribution in [0.4, 0.5) is 11.4 Å². The summed E-state index contributed by atoms with van der Waals surface area (Å²) in [5.74, 6) is -1.72. The highest BCUT2D eigenvalue weighted by molar-refractivity contribution is 9.10. The second-order valence-corrected chi connectivity index (χ2v) is 12.2. The van der Waals surface area contributed by atoms with Crippen LogP contribution >= 0.6 is 15.9 Å². The summed E-state index contributed by atoms with van der Waals surface area (Å²) < 4.78 is 2.48. The number of hydrogen-bond acceptors (Lipinski definition) is 7. The summed E-state index contributed by atoms with van der Waals surface area (Å²) >= 11 is 3.49. The van der Waals surface area contributed by atoms with Gasteiger partial charge in [0, 0.05) is 34.4 Å². The Morgan fingerprint density at radius 1 is 1.09 bits per heavy atom. The Morgan fingerprint density at radius 2 is 1.82 bits per heavy atom. The van der Waals surface area contributed by atoms with Crippen molar-refractivity contribution in [2.45, 2.75) is 51.0 Å². The molecule has 10 nitrogen and oxygen atoms in total. The number of carbonyl (C=O) groups is 2. The van der Waals surface area contributed by atoms with Gasteiger partial charge in [-0.2, -0.15) is 0 Å². The molecule has 0 fully saturated rings. The van der Waals surface area contributed by atoms with Gasteiger partial charge >= 0.3 is 0 Å². The van der Waals surface area contributed by atoms with Gasteiger partial charge in [-0.25, -0.2) is 0 Å². The predicted molar refractivity (Wildman–Crippen MR) is 174 cm³/mol. The van der Waals surface area contributed by atoms with Crippen LogP contribution in [0.3, 0.4) is 0 Å². The number of amides is 2. The van der Waals surface area contributed by atoms with Crippen LogP contribution in [0.2, 0.25) is 0 Å². The first-order valence-corrected chi connectivity index (χ1v) is 15.6. The summed E-state index contributed by atoms with van der Waals surface area (Å²) in [4.78, 5) is 27.3. The SMILES string of the molecule is C[C@H](O)C(=O)Nc1ccc(CN2C(=O)[C@@](O)([C@@H](C)/C=C/CCn3cc(C(CO)c4ccccc4)nn3)c3cc(Br)ccc32)cc1. The van der Waals surface area contributed by atoms with E-state index in [0.29, 0.717) is 35.6 Å². The highest BCUT2D eigenvalue weighted by Gasteiger charge is 2.52. The molecule has 2 heterocycles. The Hall–Kier alpha value is -4.16. The number of nitrogens with zero attached hydrogens (tertiary/aromatic N) is 4. The first-order chi connectivity index (χ1) is 21.6. The summed E-state index contributed by atoms with van der Waals surface area (Å²) in [5.41, 5.74) is 2.38. The van der Waals surface area contributed by atoms with Crippen molar-refractivity contribution in [1.82, 2.24) is 15.0 Å². The number of halogens is 1. The van der Waals surface area contributed by atoms with E-state index in [4.69, 9.17) is 0 Å². The maximum Gasteiger partial charge on any atom is 0.264 e. The molecule has 4 aromatic rings. The quantitative estimate of drug-likeness (QED) is 0.162. The summed E-state index contributed by atoms with van der Waals surface area (Å²) in [5, 5.41) is 42.5. The zero-order chi connectivity index (χ0) is 32.1. The summed E-state index contributed by atoms with van der Waals surface area (Å²) in [6.07, 6.45) is 5.08. The van der Waals surface area contributed by atoms with Crippen molar-refractivity contribution in [3.63, 3.8) is 0 Å². The first-order valence-electron chi connectivity index (χ1n) is 14.8. The van der Waals surface area contributed by atoms with Gasteiger partial charge in [0.2, 0.25) is 0 Å². The molecule has 45 heavy (non-hydrogen) atoms. The Kier molecular flexibility index (Phi) is 9.93. The summed E-state index contributed by atoms with van der Waals surface area (Å²) in [7, 11) is 0. The number of rotatable bonds is 12. The van der Waals surface area contributed by atoms with Crippen molar-refractivity contribution in [2.75, 3.05) is 16.8 Å². The maximum absolute atomic E-state index is 13.9. The molecule has 11 heteroatoms. The molecule has 4 atom stereocenters. The van der Waals surface area contributed by atoms with E-state index >= 15 is 0 Å². The van der Waals surface area contributed by atoms with Crippen LogP contribution in [0.1, 0.15) is 48.6 Å². The molecular formula is C34H36BrN5O5. The lowest BCUT2D eigenvalue weighted by Crippen LogP contribution is -2.44. The summed E-state index contributed by atoms with van der Waals surface area (Å²) in [6, 6.07) is 22.1. The highest BCUT2D eigenvalue weighted by Crippen LogP contribution is 2.46. The first kappa shape index (κ1) is 32.2. The molecule has 1 aliphatic rings. The number of aromatic nitrogens is 3. The monoisotopic (exact) mass is 673 g/mol. The molecule has 0 saturated heterocycles. The standard InChI is InChI=1S/C34H36BrN5O5/c1-22(8-6-7-17-39-20-30(37-38-39)28(21-41)25-9-4-3-5-10-25)34(45)29-18-26(35)13-16-31(29)40(33(34)44)19-24-11-14-27(15-12-24)36-32(43)23(2)42/h3-6,8-16,18,20,22-23,28,41-42,45H,7,17,19,21H2,1-2H3,(H,36,43)/b8-6+/t22-,23-,28?,34+/m0/s1. The molecule has 0 bridgehead atoms. The van der Waals surface area contributed by atoms with Gasteiger partial charge in [-0.15, -0.1) is 5.10 Å². The number of fused-ring (bicyclic) bond motifs is 1. The second-order valence-electron chi connectivity index (χ2n) is 11.2. The largest absolute Gasteiger partial charge is 0.395 e. The Labute approximate surface area is 270 Å². The minimum absolute atomic E-state index is 0.0746. The van der Waals surface area contributed by atoms with Crippen LogP contribution < -0.4 is 10.2 Å². The number of anilines is 2. The van der Waals surface area contributed by atoms with Crippen LogP contribution in [0.15, 0.2) is 95.6 Å². The van der Waals surface area contributed by atoms with E-state index in [9.17, 15) is 24.9 Å². The molecule has 2 amide bonds. The van der Waals surface area contributed by atoms with Crippen LogP contribution in [0.25, 0.3) is 0 Å². The zero-order valence-corrected chi connectivity index (χ0v) is 26.6. The van der Waals surface area contributed by atoms with Crippen molar-refractivity contribution in [1.29, 1.82) is 0 Å². The Bertz CT molecular complexity index is 1670. The van der Waals surface area contributed by atoms with Crippen LogP contribution in [0, 0.1) is 5.92 Å². The second kappa shape index (κ2) is 13.9. The lowest BCUT2D eigenvalue weighted by atomic mass is 9.83. The fourth-order valence-corrected chi connectivity index (χ4v) is 5.84. The molecule has 5 rings (SSSR count).